The lowest BCUT2D eigenvalue weighted by Crippen LogP contribution is -2.23. The summed E-state index contributed by atoms with van der Waals surface area (Å²) in [5, 5.41) is 0.730. The summed E-state index contributed by atoms with van der Waals surface area (Å²) in [5.74, 6) is 0. The second-order valence-corrected chi connectivity index (χ2v) is 10.3. The molecule has 1 fully saturated rings. The zero-order chi connectivity index (χ0) is 17.0. The molecule has 0 N–H and O–H groups in total. The Kier molecular flexibility index (Phi) is 4.94. The third kappa shape index (κ3) is 3.02. The molecule has 0 spiro atoms. The molecule has 1 aliphatic rings. The summed E-state index contributed by atoms with van der Waals surface area (Å²) in [6.45, 7) is 0. The average Bonchev–Trinajstić information content (AvgIpc) is 2.72. The SMILES string of the molecule is c1ccc(S(c2ccccc2)(c2ccccc2)C2CCCCC2)cc1. The second-order valence-electron chi connectivity index (χ2n) is 6.86. The summed E-state index contributed by atoms with van der Waals surface area (Å²) in [4.78, 5) is 4.54. The van der Waals surface area contributed by atoms with Crippen LogP contribution in [0.4, 0.5) is 0 Å². The largest absolute Gasteiger partial charge is 0.157 e. The van der Waals surface area contributed by atoms with Gasteiger partial charge in [0.15, 0.2) is 0 Å². The first-order valence-electron chi connectivity index (χ1n) is 9.40. The van der Waals surface area contributed by atoms with E-state index < -0.39 is 10.0 Å². The highest BCUT2D eigenvalue weighted by Gasteiger charge is 2.38. The normalized spacial score (nSPS) is 16.5. The monoisotopic (exact) mass is 346 g/mol. The van der Waals surface area contributed by atoms with E-state index in [1.54, 1.807) is 0 Å². The van der Waals surface area contributed by atoms with Gasteiger partial charge < -0.3 is 0 Å². The van der Waals surface area contributed by atoms with Gasteiger partial charge in [-0.3, -0.25) is 0 Å². The Morgan fingerprint density at radius 2 is 0.840 bits per heavy atom. The van der Waals surface area contributed by atoms with Gasteiger partial charge in [-0.15, -0.1) is 0 Å². The lowest BCUT2D eigenvalue weighted by molar-refractivity contribution is 0.510. The van der Waals surface area contributed by atoms with Crippen LogP contribution in [0.1, 0.15) is 32.1 Å². The minimum absolute atomic E-state index is 0.730. The molecular formula is C24H26S. The zero-order valence-electron chi connectivity index (χ0n) is 14.7. The molecule has 1 aliphatic carbocycles. The van der Waals surface area contributed by atoms with E-state index in [2.05, 4.69) is 91.0 Å². The van der Waals surface area contributed by atoms with Gasteiger partial charge >= 0.3 is 0 Å². The summed E-state index contributed by atoms with van der Waals surface area (Å²) in [6, 6.07) is 33.9. The minimum Gasteiger partial charge on any atom is -0.157 e. The van der Waals surface area contributed by atoms with Crippen LogP contribution in [0.3, 0.4) is 0 Å². The van der Waals surface area contributed by atoms with Gasteiger partial charge in [0.25, 0.3) is 0 Å². The van der Waals surface area contributed by atoms with Crippen LogP contribution < -0.4 is 0 Å². The molecule has 1 heteroatoms. The van der Waals surface area contributed by atoms with Crippen molar-refractivity contribution in [2.75, 3.05) is 0 Å². The molecule has 3 aromatic rings. The predicted molar refractivity (Wildman–Crippen MR) is 109 cm³/mol. The molecule has 0 saturated heterocycles. The Bertz CT molecular complexity index is 677. The molecule has 0 heterocycles. The van der Waals surface area contributed by atoms with E-state index >= 15 is 0 Å². The molecule has 3 aromatic carbocycles. The molecule has 0 atom stereocenters. The molecule has 1 saturated carbocycles. The smallest absolute Gasteiger partial charge is 0.000705 e. The van der Waals surface area contributed by atoms with Crippen molar-refractivity contribution in [3.05, 3.63) is 91.0 Å². The van der Waals surface area contributed by atoms with Crippen LogP contribution in [0.2, 0.25) is 0 Å². The van der Waals surface area contributed by atoms with Crippen molar-refractivity contribution in [3.8, 4) is 0 Å². The van der Waals surface area contributed by atoms with E-state index in [0.29, 0.717) is 0 Å². The minimum atomic E-state index is -1.23. The molecule has 128 valence electrons. The van der Waals surface area contributed by atoms with Gasteiger partial charge in [-0.05, 0) is 63.9 Å². The highest BCUT2D eigenvalue weighted by Crippen LogP contribution is 2.73. The van der Waals surface area contributed by atoms with E-state index in [1.165, 1.54) is 46.8 Å². The molecule has 0 radical (unpaired) electrons. The molecule has 0 unspecified atom stereocenters. The molecule has 0 aliphatic heterocycles. The van der Waals surface area contributed by atoms with E-state index in [-0.39, 0.29) is 0 Å². The highest BCUT2D eigenvalue weighted by molar-refractivity contribution is 8.34. The topological polar surface area (TPSA) is 0 Å². The van der Waals surface area contributed by atoms with Gasteiger partial charge in [0, 0.05) is 5.25 Å². The van der Waals surface area contributed by atoms with Gasteiger partial charge in [0.2, 0.25) is 0 Å². The lowest BCUT2D eigenvalue weighted by Gasteiger charge is -2.49. The maximum atomic E-state index is 2.37. The standard InChI is InChI=1S/C24H26S/c1-5-13-21(14-6-1)25(22-15-7-2-8-16-22,23-17-9-3-10-18-23)24-19-11-4-12-20-24/h1-3,5-10,13-18,24H,4,11-12,19-20H2. The Morgan fingerprint density at radius 1 is 0.480 bits per heavy atom. The molecule has 0 nitrogen and oxygen atoms in total. The van der Waals surface area contributed by atoms with Gasteiger partial charge in [-0.2, -0.15) is 10.0 Å². The number of hydrogen-bond acceptors (Lipinski definition) is 0. The predicted octanol–water partition coefficient (Wildman–Crippen LogP) is 7.30. The zero-order valence-corrected chi connectivity index (χ0v) is 15.5. The van der Waals surface area contributed by atoms with Crippen molar-refractivity contribution in [3.63, 3.8) is 0 Å². The first-order valence-corrected chi connectivity index (χ1v) is 11.1. The van der Waals surface area contributed by atoms with Crippen LogP contribution in [0.5, 0.6) is 0 Å². The number of hydrogen-bond donors (Lipinski definition) is 0. The highest BCUT2D eigenvalue weighted by atomic mass is 32.3. The van der Waals surface area contributed by atoms with Crippen LogP contribution in [0.15, 0.2) is 106 Å². The van der Waals surface area contributed by atoms with Crippen LogP contribution in [-0.2, 0) is 0 Å². The Balaban J connectivity index is 2.01. The van der Waals surface area contributed by atoms with Crippen molar-refractivity contribution in [1.82, 2.24) is 0 Å². The van der Waals surface area contributed by atoms with Gasteiger partial charge in [0.05, 0.1) is 0 Å². The van der Waals surface area contributed by atoms with Crippen molar-refractivity contribution in [2.24, 2.45) is 0 Å². The first-order chi connectivity index (χ1) is 12.4. The van der Waals surface area contributed by atoms with E-state index in [9.17, 15) is 0 Å². The summed E-state index contributed by atoms with van der Waals surface area (Å²) < 4.78 is 0. The number of benzene rings is 3. The molecule has 25 heavy (non-hydrogen) atoms. The van der Waals surface area contributed by atoms with Crippen LogP contribution in [-0.4, -0.2) is 5.25 Å². The Hall–Kier alpha value is -1.99. The fourth-order valence-corrected chi connectivity index (χ4v) is 9.08. The molecule has 0 bridgehead atoms. The van der Waals surface area contributed by atoms with Crippen molar-refractivity contribution in [1.29, 1.82) is 0 Å². The Morgan fingerprint density at radius 3 is 1.20 bits per heavy atom. The molecule has 0 amide bonds. The quantitative estimate of drug-likeness (QED) is 0.465. The van der Waals surface area contributed by atoms with Crippen molar-refractivity contribution >= 4 is 10.0 Å². The third-order valence-corrected chi connectivity index (χ3v) is 9.92. The van der Waals surface area contributed by atoms with Crippen molar-refractivity contribution < 1.29 is 0 Å². The van der Waals surface area contributed by atoms with E-state index in [4.69, 9.17) is 0 Å². The van der Waals surface area contributed by atoms with Gasteiger partial charge in [-0.25, -0.2) is 0 Å². The van der Waals surface area contributed by atoms with Gasteiger partial charge in [-0.1, -0.05) is 73.9 Å². The fourth-order valence-electron chi connectivity index (χ4n) is 4.31. The summed E-state index contributed by atoms with van der Waals surface area (Å²) >= 11 is 0. The van der Waals surface area contributed by atoms with Crippen LogP contribution >= 0.6 is 10.0 Å². The molecular weight excluding hydrogens is 320 g/mol. The lowest BCUT2D eigenvalue weighted by atomic mass is 10.0. The number of rotatable bonds is 4. The third-order valence-electron chi connectivity index (χ3n) is 5.40. The fraction of sp³-hybridized carbons (Fsp3) is 0.250. The summed E-state index contributed by atoms with van der Waals surface area (Å²) in [7, 11) is -1.23. The van der Waals surface area contributed by atoms with Crippen LogP contribution in [0, 0.1) is 0 Å². The second kappa shape index (κ2) is 7.49. The maximum Gasteiger partial charge on any atom is 0.000705 e. The van der Waals surface area contributed by atoms with Crippen LogP contribution in [0.25, 0.3) is 0 Å². The average molecular weight is 347 g/mol. The first kappa shape index (κ1) is 16.5. The van der Waals surface area contributed by atoms with Crippen molar-refractivity contribution in [2.45, 2.75) is 52.0 Å². The summed E-state index contributed by atoms with van der Waals surface area (Å²) in [6.07, 6.45) is 6.81. The molecule has 0 aromatic heterocycles. The summed E-state index contributed by atoms with van der Waals surface area (Å²) in [5.41, 5.74) is 0. The van der Waals surface area contributed by atoms with E-state index in [1.807, 2.05) is 0 Å². The molecule has 4 rings (SSSR count). The van der Waals surface area contributed by atoms with Gasteiger partial charge in [0.1, 0.15) is 0 Å². The maximum absolute atomic E-state index is 2.37. The van der Waals surface area contributed by atoms with E-state index in [0.717, 1.165) is 5.25 Å². The Labute approximate surface area is 153 Å².